The maximum atomic E-state index is 8.43. The molecule has 0 saturated carbocycles. The van der Waals surface area contributed by atoms with E-state index in [1.807, 2.05) is 11.9 Å². The van der Waals surface area contributed by atoms with Crippen molar-refractivity contribution >= 4 is 0 Å². The first kappa shape index (κ1) is 7.98. The van der Waals surface area contributed by atoms with Gasteiger partial charge in [-0.15, -0.1) is 0 Å². The van der Waals surface area contributed by atoms with Crippen molar-refractivity contribution < 1.29 is 10.1 Å². The minimum atomic E-state index is -0.102. The fraction of sp³-hybridized carbons (Fsp3) is 1.00. The van der Waals surface area contributed by atoms with E-state index in [-0.39, 0.29) is 11.8 Å². The van der Waals surface area contributed by atoms with E-state index in [9.17, 15) is 0 Å². The van der Waals surface area contributed by atoms with Crippen LogP contribution >= 0.6 is 0 Å². The first-order chi connectivity index (χ1) is 4.58. The van der Waals surface area contributed by atoms with Crippen molar-refractivity contribution in [2.45, 2.75) is 38.5 Å². The van der Waals surface area contributed by atoms with Crippen LogP contribution in [0, 0.1) is 0 Å². The van der Waals surface area contributed by atoms with Crippen LogP contribution in [0.3, 0.4) is 0 Å². The number of rotatable bonds is 1. The SMILES string of the molecule is CN1C(OO)CCC1(C)C. The molecule has 0 aromatic carbocycles. The number of likely N-dealkylation sites (tertiary alicyclic amines) is 1. The van der Waals surface area contributed by atoms with Crippen molar-refractivity contribution in [3.8, 4) is 0 Å². The third-order valence-corrected chi connectivity index (χ3v) is 2.51. The number of hydrogen-bond donors (Lipinski definition) is 1. The molecule has 60 valence electrons. The molecule has 0 radical (unpaired) electrons. The topological polar surface area (TPSA) is 32.7 Å². The second-order valence-electron chi connectivity index (χ2n) is 3.52. The van der Waals surface area contributed by atoms with Gasteiger partial charge in [0, 0.05) is 5.54 Å². The highest BCUT2D eigenvalue weighted by atomic mass is 17.1. The lowest BCUT2D eigenvalue weighted by molar-refractivity contribution is -0.307. The van der Waals surface area contributed by atoms with E-state index in [0.717, 1.165) is 12.8 Å². The molecule has 0 amide bonds. The Bertz CT molecular complexity index is 125. The Morgan fingerprint density at radius 1 is 1.60 bits per heavy atom. The molecule has 3 heteroatoms. The van der Waals surface area contributed by atoms with Crippen molar-refractivity contribution in [3.05, 3.63) is 0 Å². The Balaban J connectivity index is 2.58. The van der Waals surface area contributed by atoms with Gasteiger partial charge in [-0.05, 0) is 33.7 Å². The van der Waals surface area contributed by atoms with E-state index in [2.05, 4.69) is 18.7 Å². The molecule has 0 aromatic heterocycles. The Kier molecular flexibility index (Phi) is 1.99. The van der Waals surface area contributed by atoms with Crippen LogP contribution in [0.2, 0.25) is 0 Å². The van der Waals surface area contributed by atoms with Crippen LogP contribution in [0.25, 0.3) is 0 Å². The van der Waals surface area contributed by atoms with Crippen LogP contribution < -0.4 is 0 Å². The zero-order chi connectivity index (χ0) is 7.78. The molecular formula is C7H15NO2. The molecule has 1 atom stereocenters. The minimum absolute atomic E-state index is 0.102. The van der Waals surface area contributed by atoms with E-state index in [1.165, 1.54) is 0 Å². The zero-order valence-corrected chi connectivity index (χ0v) is 6.79. The molecule has 0 spiro atoms. The van der Waals surface area contributed by atoms with E-state index >= 15 is 0 Å². The predicted molar refractivity (Wildman–Crippen MR) is 38.6 cm³/mol. The van der Waals surface area contributed by atoms with Crippen molar-refractivity contribution in [3.63, 3.8) is 0 Å². The Morgan fingerprint density at radius 2 is 2.20 bits per heavy atom. The molecule has 1 rings (SSSR count). The van der Waals surface area contributed by atoms with E-state index in [0.29, 0.717) is 0 Å². The lowest BCUT2D eigenvalue weighted by Crippen LogP contribution is -2.40. The van der Waals surface area contributed by atoms with E-state index < -0.39 is 0 Å². The maximum absolute atomic E-state index is 8.43. The molecule has 1 saturated heterocycles. The van der Waals surface area contributed by atoms with Crippen molar-refractivity contribution in [1.29, 1.82) is 0 Å². The summed E-state index contributed by atoms with van der Waals surface area (Å²) < 4.78 is 0. The first-order valence-corrected chi connectivity index (χ1v) is 3.61. The van der Waals surface area contributed by atoms with Crippen molar-refractivity contribution in [1.82, 2.24) is 4.90 Å². The molecule has 1 fully saturated rings. The third kappa shape index (κ3) is 1.17. The van der Waals surface area contributed by atoms with Gasteiger partial charge < -0.3 is 0 Å². The summed E-state index contributed by atoms with van der Waals surface area (Å²) in [7, 11) is 1.97. The summed E-state index contributed by atoms with van der Waals surface area (Å²) in [5.41, 5.74) is 0.174. The predicted octanol–water partition coefficient (Wildman–Crippen LogP) is 1.31. The monoisotopic (exact) mass is 145 g/mol. The zero-order valence-electron chi connectivity index (χ0n) is 6.79. The Morgan fingerprint density at radius 3 is 2.40 bits per heavy atom. The van der Waals surface area contributed by atoms with Gasteiger partial charge in [-0.1, -0.05) is 0 Å². The maximum Gasteiger partial charge on any atom is 0.146 e. The normalized spacial score (nSPS) is 33.0. The summed E-state index contributed by atoms with van der Waals surface area (Å²) in [5, 5.41) is 8.43. The fourth-order valence-corrected chi connectivity index (χ4v) is 1.36. The Labute approximate surface area is 61.5 Å². The minimum Gasteiger partial charge on any atom is -0.274 e. The van der Waals surface area contributed by atoms with Gasteiger partial charge in [0.1, 0.15) is 6.23 Å². The first-order valence-electron chi connectivity index (χ1n) is 3.61. The van der Waals surface area contributed by atoms with Crippen molar-refractivity contribution in [2.75, 3.05) is 7.05 Å². The van der Waals surface area contributed by atoms with Crippen LogP contribution in [0.15, 0.2) is 0 Å². The quantitative estimate of drug-likeness (QED) is 0.446. The van der Waals surface area contributed by atoms with Crippen LogP contribution in [-0.4, -0.2) is 29.0 Å². The molecule has 3 nitrogen and oxygen atoms in total. The molecular weight excluding hydrogens is 130 g/mol. The standard InChI is InChI=1S/C7H15NO2/c1-7(2)5-4-6(10-9)8(7)3/h6,9H,4-5H2,1-3H3. The second kappa shape index (κ2) is 2.49. The van der Waals surface area contributed by atoms with E-state index in [1.54, 1.807) is 0 Å². The summed E-state index contributed by atoms with van der Waals surface area (Å²) in [6, 6.07) is 0. The summed E-state index contributed by atoms with van der Waals surface area (Å²) >= 11 is 0. The molecule has 0 bridgehead atoms. The van der Waals surface area contributed by atoms with Crippen LogP contribution in [-0.2, 0) is 4.89 Å². The highest BCUT2D eigenvalue weighted by Crippen LogP contribution is 2.31. The van der Waals surface area contributed by atoms with Gasteiger partial charge in [0.05, 0.1) is 0 Å². The molecule has 0 aromatic rings. The van der Waals surface area contributed by atoms with Gasteiger partial charge in [-0.3, -0.25) is 10.2 Å². The highest BCUT2D eigenvalue weighted by molar-refractivity contribution is 4.87. The molecule has 1 aliphatic rings. The lowest BCUT2D eigenvalue weighted by atomic mass is 10.0. The fourth-order valence-electron chi connectivity index (χ4n) is 1.36. The van der Waals surface area contributed by atoms with Gasteiger partial charge in [0.25, 0.3) is 0 Å². The van der Waals surface area contributed by atoms with Crippen LogP contribution in [0.1, 0.15) is 26.7 Å². The number of hydrogen-bond acceptors (Lipinski definition) is 3. The molecule has 1 N–H and O–H groups in total. The number of nitrogens with zero attached hydrogens (tertiary/aromatic N) is 1. The molecule has 0 aliphatic carbocycles. The summed E-state index contributed by atoms with van der Waals surface area (Å²) in [6.07, 6.45) is 1.89. The van der Waals surface area contributed by atoms with Crippen LogP contribution in [0.4, 0.5) is 0 Å². The second-order valence-corrected chi connectivity index (χ2v) is 3.52. The van der Waals surface area contributed by atoms with Gasteiger partial charge in [0.2, 0.25) is 0 Å². The largest absolute Gasteiger partial charge is 0.274 e. The lowest BCUT2D eigenvalue weighted by Gasteiger charge is -2.29. The average molecular weight is 145 g/mol. The average Bonchev–Trinajstić information content (AvgIpc) is 2.10. The molecule has 10 heavy (non-hydrogen) atoms. The van der Waals surface area contributed by atoms with Gasteiger partial charge in [-0.2, -0.15) is 0 Å². The molecule has 1 aliphatic heterocycles. The molecule has 1 unspecified atom stereocenters. The van der Waals surface area contributed by atoms with E-state index in [4.69, 9.17) is 5.26 Å². The molecule has 1 heterocycles. The van der Waals surface area contributed by atoms with Gasteiger partial charge in [-0.25, -0.2) is 4.89 Å². The van der Waals surface area contributed by atoms with Gasteiger partial charge >= 0.3 is 0 Å². The summed E-state index contributed by atoms with van der Waals surface area (Å²) in [6.45, 7) is 4.29. The van der Waals surface area contributed by atoms with Crippen molar-refractivity contribution in [2.24, 2.45) is 0 Å². The van der Waals surface area contributed by atoms with Gasteiger partial charge in [0.15, 0.2) is 0 Å². The van der Waals surface area contributed by atoms with Crippen LogP contribution in [0.5, 0.6) is 0 Å². The Hall–Kier alpha value is -0.120. The third-order valence-electron chi connectivity index (χ3n) is 2.51. The summed E-state index contributed by atoms with van der Waals surface area (Å²) in [5.74, 6) is 0. The highest BCUT2D eigenvalue weighted by Gasteiger charge is 2.37. The summed E-state index contributed by atoms with van der Waals surface area (Å²) in [4.78, 5) is 6.33. The smallest absolute Gasteiger partial charge is 0.146 e.